The van der Waals surface area contributed by atoms with Gasteiger partial charge in [0, 0.05) is 29.9 Å². The summed E-state index contributed by atoms with van der Waals surface area (Å²) in [5.74, 6) is -0.372. The molecular formula is C27H30N4O4S. The van der Waals surface area contributed by atoms with Crippen molar-refractivity contribution in [2.75, 3.05) is 35.7 Å². The van der Waals surface area contributed by atoms with Crippen LogP contribution in [0.25, 0.3) is 16.6 Å². The number of nitrogens with one attached hydrogen (secondary N) is 1. The Hall–Kier alpha value is -3.85. The summed E-state index contributed by atoms with van der Waals surface area (Å²) < 4.78 is 33.4. The standard InChI is InChI=1S/C27H30N4O4S/c1-4-30(5-2)22-15-16-24(20(3)19-22)28-27(32)35-17-18-36(33,34)26-23-13-9-10-14-25(23)29-31(26)21-11-7-6-8-12-21/h6-16,19H,4-5,17-18H2,1-3H3,(H,28,32). The lowest BCUT2D eigenvalue weighted by molar-refractivity contribution is 0.168. The first kappa shape index (κ1) is 25.2. The molecule has 0 spiro atoms. The number of rotatable bonds is 9. The number of benzene rings is 3. The lowest BCUT2D eigenvalue weighted by atomic mass is 10.1. The van der Waals surface area contributed by atoms with Gasteiger partial charge < -0.3 is 9.64 Å². The number of aromatic nitrogens is 2. The maximum absolute atomic E-state index is 13.4. The summed E-state index contributed by atoms with van der Waals surface area (Å²) in [6.07, 6.45) is -0.703. The van der Waals surface area contributed by atoms with Crippen LogP contribution in [0.4, 0.5) is 16.2 Å². The van der Waals surface area contributed by atoms with E-state index in [-0.39, 0.29) is 17.4 Å². The molecule has 9 heteroatoms. The fraction of sp³-hybridized carbons (Fsp3) is 0.259. The molecule has 1 amide bonds. The summed E-state index contributed by atoms with van der Waals surface area (Å²) in [5, 5.41) is 7.81. The summed E-state index contributed by atoms with van der Waals surface area (Å²) in [7, 11) is -3.83. The second-order valence-corrected chi connectivity index (χ2v) is 10.3. The minimum Gasteiger partial charge on any atom is -0.448 e. The van der Waals surface area contributed by atoms with Gasteiger partial charge >= 0.3 is 6.09 Å². The Bertz CT molecular complexity index is 1460. The van der Waals surface area contributed by atoms with E-state index in [0.29, 0.717) is 22.3 Å². The Balaban J connectivity index is 1.47. The Morgan fingerprint density at radius 3 is 2.39 bits per heavy atom. The molecule has 0 unspecified atom stereocenters. The van der Waals surface area contributed by atoms with Crippen LogP contribution in [0, 0.1) is 6.92 Å². The second-order valence-electron chi connectivity index (χ2n) is 8.32. The fourth-order valence-electron chi connectivity index (χ4n) is 4.11. The van der Waals surface area contributed by atoms with Gasteiger partial charge in [-0.05, 0) is 68.8 Å². The van der Waals surface area contributed by atoms with Crippen LogP contribution in [0.15, 0.2) is 77.8 Å². The Morgan fingerprint density at radius 2 is 1.69 bits per heavy atom. The van der Waals surface area contributed by atoms with Crippen molar-refractivity contribution in [2.45, 2.75) is 25.8 Å². The van der Waals surface area contributed by atoms with Crippen molar-refractivity contribution in [3.8, 4) is 5.69 Å². The molecule has 36 heavy (non-hydrogen) atoms. The van der Waals surface area contributed by atoms with Gasteiger partial charge in [-0.25, -0.2) is 17.9 Å². The monoisotopic (exact) mass is 506 g/mol. The number of fused-ring (bicyclic) bond motifs is 1. The van der Waals surface area contributed by atoms with E-state index in [1.165, 1.54) is 4.68 Å². The van der Waals surface area contributed by atoms with E-state index in [2.05, 4.69) is 29.2 Å². The van der Waals surface area contributed by atoms with Crippen LogP contribution in [-0.2, 0) is 14.6 Å². The van der Waals surface area contributed by atoms with Crippen molar-refractivity contribution < 1.29 is 17.9 Å². The van der Waals surface area contributed by atoms with Gasteiger partial charge in [-0.1, -0.05) is 30.3 Å². The number of amides is 1. The molecule has 3 aromatic carbocycles. The molecule has 0 aliphatic carbocycles. The molecule has 0 saturated carbocycles. The SMILES string of the molecule is CCN(CC)c1ccc(NC(=O)OCCS(=O)(=O)c2c3ccccc3nn2-c2ccccc2)c(C)c1. The number of carbonyl (C=O) groups excluding carboxylic acids is 1. The number of para-hydroxylation sites is 1. The molecule has 0 fully saturated rings. The van der Waals surface area contributed by atoms with E-state index in [9.17, 15) is 13.2 Å². The van der Waals surface area contributed by atoms with Gasteiger partial charge in [0.2, 0.25) is 0 Å². The quantitative estimate of drug-likeness (QED) is 0.335. The zero-order chi connectivity index (χ0) is 25.7. The van der Waals surface area contributed by atoms with E-state index >= 15 is 0 Å². The number of aryl methyl sites for hydroxylation is 1. The topological polar surface area (TPSA) is 93.5 Å². The van der Waals surface area contributed by atoms with E-state index in [0.717, 1.165) is 24.3 Å². The maximum atomic E-state index is 13.4. The van der Waals surface area contributed by atoms with Crippen molar-refractivity contribution in [2.24, 2.45) is 0 Å². The van der Waals surface area contributed by atoms with Gasteiger partial charge in [-0.15, -0.1) is 0 Å². The molecule has 0 aliphatic rings. The lowest BCUT2D eigenvalue weighted by Crippen LogP contribution is -2.22. The van der Waals surface area contributed by atoms with Crippen molar-refractivity contribution in [1.29, 1.82) is 0 Å². The van der Waals surface area contributed by atoms with Crippen molar-refractivity contribution >= 4 is 38.2 Å². The molecular weight excluding hydrogens is 476 g/mol. The smallest absolute Gasteiger partial charge is 0.411 e. The fourth-order valence-corrected chi connectivity index (χ4v) is 5.53. The van der Waals surface area contributed by atoms with E-state index in [1.807, 2.05) is 49.4 Å². The first-order valence-corrected chi connectivity index (χ1v) is 13.5. The minimum atomic E-state index is -3.83. The Labute approximate surface area is 211 Å². The molecule has 4 aromatic rings. The van der Waals surface area contributed by atoms with E-state index in [4.69, 9.17) is 4.74 Å². The van der Waals surface area contributed by atoms with E-state index < -0.39 is 15.9 Å². The summed E-state index contributed by atoms with van der Waals surface area (Å²) in [6, 6.07) is 21.9. The zero-order valence-electron chi connectivity index (χ0n) is 20.6. The number of carbonyl (C=O) groups is 1. The normalized spacial score (nSPS) is 11.4. The highest BCUT2D eigenvalue weighted by Gasteiger charge is 2.25. The van der Waals surface area contributed by atoms with Crippen LogP contribution >= 0.6 is 0 Å². The summed E-state index contributed by atoms with van der Waals surface area (Å²) in [5.41, 5.74) is 3.79. The van der Waals surface area contributed by atoms with Crippen molar-refractivity contribution in [3.05, 3.63) is 78.4 Å². The number of nitrogens with zero attached hydrogens (tertiary/aromatic N) is 3. The van der Waals surface area contributed by atoms with Gasteiger partial charge in [0.1, 0.15) is 6.61 Å². The average Bonchev–Trinajstić information content (AvgIpc) is 3.27. The molecule has 0 saturated heterocycles. The number of hydrogen-bond acceptors (Lipinski definition) is 6. The average molecular weight is 507 g/mol. The Morgan fingerprint density at radius 1 is 1.00 bits per heavy atom. The van der Waals surface area contributed by atoms with Crippen LogP contribution in [0.3, 0.4) is 0 Å². The minimum absolute atomic E-state index is 0.0798. The zero-order valence-corrected chi connectivity index (χ0v) is 21.5. The second kappa shape index (κ2) is 10.8. The number of anilines is 2. The van der Waals surface area contributed by atoms with Gasteiger partial charge in [-0.3, -0.25) is 5.32 Å². The van der Waals surface area contributed by atoms with Gasteiger partial charge in [-0.2, -0.15) is 5.10 Å². The number of hydrogen-bond donors (Lipinski definition) is 1. The Kier molecular flexibility index (Phi) is 7.59. The molecule has 1 aromatic heterocycles. The number of ether oxygens (including phenoxy) is 1. The highest BCUT2D eigenvalue weighted by atomic mass is 32.2. The third kappa shape index (κ3) is 5.36. The van der Waals surface area contributed by atoms with Crippen molar-refractivity contribution in [3.63, 3.8) is 0 Å². The van der Waals surface area contributed by atoms with Gasteiger partial charge in [0.05, 0.1) is 17.0 Å². The van der Waals surface area contributed by atoms with Crippen molar-refractivity contribution in [1.82, 2.24) is 9.78 Å². The molecule has 8 nitrogen and oxygen atoms in total. The molecule has 0 radical (unpaired) electrons. The molecule has 4 rings (SSSR count). The summed E-state index contributed by atoms with van der Waals surface area (Å²) in [6.45, 7) is 7.56. The third-order valence-corrected chi connectivity index (χ3v) is 7.68. The van der Waals surface area contributed by atoms with E-state index in [1.54, 1.807) is 30.3 Å². The highest BCUT2D eigenvalue weighted by Crippen LogP contribution is 2.27. The summed E-state index contributed by atoms with van der Waals surface area (Å²) in [4.78, 5) is 14.6. The molecule has 1 N–H and O–H groups in total. The van der Waals surface area contributed by atoms with Crippen LogP contribution < -0.4 is 10.2 Å². The molecule has 0 atom stereocenters. The molecule has 1 heterocycles. The molecule has 188 valence electrons. The molecule has 0 aliphatic heterocycles. The van der Waals surface area contributed by atoms with Crippen LogP contribution in [0.2, 0.25) is 0 Å². The first-order chi connectivity index (χ1) is 17.3. The number of sulfone groups is 1. The van der Waals surface area contributed by atoms with Gasteiger partial charge in [0.15, 0.2) is 14.9 Å². The predicted octanol–water partition coefficient (Wildman–Crippen LogP) is 5.20. The first-order valence-electron chi connectivity index (χ1n) is 11.9. The molecule has 0 bridgehead atoms. The van der Waals surface area contributed by atoms with Crippen LogP contribution in [0.5, 0.6) is 0 Å². The largest absolute Gasteiger partial charge is 0.448 e. The predicted molar refractivity (Wildman–Crippen MR) is 143 cm³/mol. The third-order valence-electron chi connectivity index (χ3n) is 5.99. The highest BCUT2D eigenvalue weighted by molar-refractivity contribution is 7.91. The van der Waals surface area contributed by atoms with Crippen LogP contribution in [0.1, 0.15) is 19.4 Å². The lowest BCUT2D eigenvalue weighted by Gasteiger charge is -2.22. The maximum Gasteiger partial charge on any atom is 0.411 e. The van der Waals surface area contributed by atoms with Crippen LogP contribution in [-0.4, -0.2) is 49.7 Å². The van der Waals surface area contributed by atoms with Gasteiger partial charge in [0.25, 0.3) is 0 Å². The summed E-state index contributed by atoms with van der Waals surface area (Å²) >= 11 is 0.